The van der Waals surface area contributed by atoms with Crippen molar-refractivity contribution in [1.82, 2.24) is 14.9 Å². The molecule has 6 nitrogen and oxygen atoms in total. The number of hydrogen-bond donors (Lipinski definition) is 1. The third-order valence-electron chi connectivity index (χ3n) is 5.97. The van der Waals surface area contributed by atoms with Crippen molar-refractivity contribution in [3.63, 3.8) is 0 Å². The van der Waals surface area contributed by atoms with Gasteiger partial charge in [0.2, 0.25) is 0 Å². The number of carbonyl (C=O) groups excluding carboxylic acids is 1. The number of para-hydroxylation sites is 2. The molecule has 29 heavy (non-hydrogen) atoms. The maximum absolute atomic E-state index is 12.9. The lowest BCUT2D eigenvalue weighted by Gasteiger charge is -2.31. The predicted octanol–water partition coefficient (Wildman–Crippen LogP) is 4.17. The van der Waals surface area contributed by atoms with Gasteiger partial charge in [-0.05, 0) is 56.2 Å². The molecule has 0 bridgehead atoms. The number of nitrogens with zero attached hydrogens (tertiary/aromatic N) is 4. The van der Waals surface area contributed by atoms with Gasteiger partial charge in [0, 0.05) is 43.2 Å². The maximum Gasteiger partial charge on any atom is 0.253 e. The highest BCUT2D eigenvalue weighted by Crippen LogP contribution is 2.29. The van der Waals surface area contributed by atoms with Gasteiger partial charge in [0.1, 0.15) is 5.82 Å². The number of carbonyl (C=O) groups is 1. The Balaban J connectivity index is 1.23. The van der Waals surface area contributed by atoms with Gasteiger partial charge in [-0.2, -0.15) is 5.10 Å². The first-order valence-electron chi connectivity index (χ1n) is 10.3. The summed E-state index contributed by atoms with van der Waals surface area (Å²) >= 11 is 0. The minimum absolute atomic E-state index is 0.112. The van der Waals surface area contributed by atoms with Crippen LogP contribution in [0.3, 0.4) is 0 Å². The lowest BCUT2D eigenvalue weighted by molar-refractivity contribution is 0.0711. The Morgan fingerprint density at radius 2 is 1.79 bits per heavy atom. The van der Waals surface area contributed by atoms with E-state index in [0.717, 1.165) is 72.7 Å². The smallest absolute Gasteiger partial charge is 0.253 e. The molecule has 1 saturated heterocycles. The van der Waals surface area contributed by atoms with E-state index >= 15 is 0 Å². The van der Waals surface area contributed by atoms with Crippen molar-refractivity contribution in [2.75, 3.05) is 24.6 Å². The number of aromatic nitrogens is 2. The number of hydrogen-bond acceptors (Lipinski definition) is 4. The number of likely N-dealkylation sites (tertiary alicyclic amines) is 1. The Hall–Kier alpha value is -3.15. The number of H-pyrrole nitrogens is 1. The molecule has 3 aromatic rings. The third-order valence-corrected chi connectivity index (χ3v) is 5.97. The molecular weight excluding hydrogens is 362 g/mol. The van der Waals surface area contributed by atoms with Crippen LogP contribution in [0.1, 0.15) is 48.3 Å². The second kappa shape index (κ2) is 7.35. The van der Waals surface area contributed by atoms with E-state index in [-0.39, 0.29) is 5.91 Å². The summed E-state index contributed by atoms with van der Waals surface area (Å²) in [6, 6.07) is 16.0. The average molecular weight is 387 g/mol. The van der Waals surface area contributed by atoms with Crippen LogP contribution in [0.25, 0.3) is 11.0 Å². The number of piperidine rings is 1. The van der Waals surface area contributed by atoms with Crippen molar-refractivity contribution in [3.05, 3.63) is 59.9 Å². The summed E-state index contributed by atoms with van der Waals surface area (Å²) in [6.45, 7) is 4.48. The zero-order chi connectivity index (χ0) is 19.8. The average Bonchev–Trinajstić information content (AvgIpc) is 3.40. The summed E-state index contributed by atoms with van der Waals surface area (Å²) in [5, 5.41) is 6.52. The van der Waals surface area contributed by atoms with E-state index in [1.807, 2.05) is 59.3 Å². The standard InChI is InChI=1S/C23H25N5O/c1-16-10-15-28(26-16)19-8-6-18(7-9-19)23(29)27-13-11-17(12-14-27)22-24-20-4-2-3-5-21(20)25-22/h2-9,17H,10-15H2,1H3,(H,24,25). The Morgan fingerprint density at radius 3 is 2.48 bits per heavy atom. The van der Waals surface area contributed by atoms with Crippen LogP contribution >= 0.6 is 0 Å². The molecule has 1 aromatic heterocycles. The lowest BCUT2D eigenvalue weighted by atomic mass is 9.95. The summed E-state index contributed by atoms with van der Waals surface area (Å²) in [5.41, 5.74) is 5.03. The van der Waals surface area contributed by atoms with Crippen LogP contribution in [0, 0.1) is 0 Å². The van der Waals surface area contributed by atoms with Crippen LogP contribution in [0.4, 0.5) is 5.69 Å². The zero-order valence-corrected chi connectivity index (χ0v) is 16.6. The third kappa shape index (κ3) is 3.50. The molecule has 0 spiro atoms. The fraction of sp³-hybridized carbons (Fsp3) is 0.348. The SMILES string of the molecule is CC1=NN(c2ccc(C(=O)N3CCC(c4nc5ccccc5[nH]4)CC3)cc2)CC1. The molecule has 0 saturated carbocycles. The molecule has 2 aliphatic heterocycles. The number of anilines is 1. The van der Waals surface area contributed by atoms with Crippen molar-refractivity contribution in [2.45, 2.75) is 32.1 Å². The van der Waals surface area contributed by atoms with E-state index in [4.69, 9.17) is 4.98 Å². The Morgan fingerprint density at radius 1 is 1.03 bits per heavy atom. The van der Waals surface area contributed by atoms with Gasteiger partial charge in [-0.3, -0.25) is 9.80 Å². The minimum Gasteiger partial charge on any atom is -0.342 e. The highest BCUT2D eigenvalue weighted by molar-refractivity contribution is 5.94. The van der Waals surface area contributed by atoms with Crippen LogP contribution in [-0.2, 0) is 0 Å². The highest BCUT2D eigenvalue weighted by Gasteiger charge is 2.26. The molecule has 1 amide bonds. The molecular formula is C23H25N5O. The number of amides is 1. The van der Waals surface area contributed by atoms with E-state index in [1.165, 1.54) is 0 Å². The largest absolute Gasteiger partial charge is 0.342 e. The molecule has 2 aromatic carbocycles. The number of hydrazone groups is 1. The van der Waals surface area contributed by atoms with E-state index in [9.17, 15) is 4.79 Å². The molecule has 5 rings (SSSR count). The molecule has 3 heterocycles. The van der Waals surface area contributed by atoms with Crippen molar-refractivity contribution in [2.24, 2.45) is 5.10 Å². The second-order valence-electron chi connectivity index (χ2n) is 7.96. The van der Waals surface area contributed by atoms with E-state index in [2.05, 4.69) is 16.2 Å². The van der Waals surface area contributed by atoms with Gasteiger partial charge >= 0.3 is 0 Å². The van der Waals surface area contributed by atoms with Crippen molar-refractivity contribution in [3.8, 4) is 0 Å². The molecule has 1 fully saturated rings. The van der Waals surface area contributed by atoms with E-state index in [0.29, 0.717) is 5.92 Å². The summed E-state index contributed by atoms with van der Waals surface area (Å²) in [6.07, 6.45) is 2.87. The van der Waals surface area contributed by atoms with E-state index in [1.54, 1.807) is 0 Å². The number of imidazole rings is 1. The molecule has 0 unspecified atom stereocenters. The van der Waals surface area contributed by atoms with E-state index < -0.39 is 0 Å². The first-order chi connectivity index (χ1) is 14.2. The Labute approximate surface area is 170 Å². The molecule has 1 N–H and O–H groups in total. The number of aromatic amines is 1. The minimum atomic E-state index is 0.112. The van der Waals surface area contributed by atoms with Crippen LogP contribution in [0.2, 0.25) is 0 Å². The van der Waals surface area contributed by atoms with Crippen LogP contribution in [0.15, 0.2) is 53.6 Å². The number of benzene rings is 2. The first kappa shape index (κ1) is 17.9. The van der Waals surface area contributed by atoms with Gasteiger partial charge in [0.05, 0.1) is 16.7 Å². The topological polar surface area (TPSA) is 64.6 Å². The number of rotatable bonds is 3. The quantitative estimate of drug-likeness (QED) is 0.734. The lowest BCUT2D eigenvalue weighted by Crippen LogP contribution is -2.38. The van der Waals surface area contributed by atoms with Gasteiger partial charge in [0.25, 0.3) is 5.91 Å². The van der Waals surface area contributed by atoms with Crippen LogP contribution in [0.5, 0.6) is 0 Å². The maximum atomic E-state index is 12.9. The van der Waals surface area contributed by atoms with Gasteiger partial charge in [-0.1, -0.05) is 12.1 Å². The van der Waals surface area contributed by atoms with Gasteiger partial charge in [-0.15, -0.1) is 0 Å². The van der Waals surface area contributed by atoms with Gasteiger partial charge in [-0.25, -0.2) is 4.98 Å². The van der Waals surface area contributed by atoms with Gasteiger partial charge < -0.3 is 9.88 Å². The summed E-state index contributed by atoms with van der Waals surface area (Å²) in [4.78, 5) is 23.1. The van der Waals surface area contributed by atoms with Crippen molar-refractivity contribution in [1.29, 1.82) is 0 Å². The van der Waals surface area contributed by atoms with Crippen molar-refractivity contribution >= 4 is 28.3 Å². The van der Waals surface area contributed by atoms with Crippen LogP contribution < -0.4 is 5.01 Å². The fourth-order valence-corrected chi connectivity index (χ4v) is 4.24. The zero-order valence-electron chi connectivity index (χ0n) is 16.6. The molecule has 0 aliphatic carbocycles. The Kier molecular flexibility index (Phi) is 4.54. The molecule has 0 atom stereocenters. The number of fused-ring (bicyclic) bond motifs is 1. The monoisotopic (exact) mass is 387 g/mol. The van der Waals surface area contributed by atoms with Gasteiger partial charge in [0.15, 0.2) is 0 Å². The number of nitrogens with one attached hydrogen (secondary N) is 1. The summed E-state index contributed by atoms with van der Waals surface area (Å²) < 4.78 is 0. The highest BCUT2D eigenvalue weighted by atomic mass is 16.2. The molecule has 0 radical (unpaired) electrons. The van der Waals surface area contributed by atoms with Crippen molar-refractivity contribution < 1.29 is 4.79 Å². The normalized spacial score (nSPS) is 17.8. The summed E-state index contributed by atoms with van der Waals surface area (Å²) in [5.74, 6) is 1.54. The summed E-state index contributed by atoms with van der Waals surface area (Å²) in [7, 11) is 0. The second-order valence-corrected chi connectivity index (χ2v) is 7.96. The first-order valence-corrected chi connectivity index (χ1v) is 10.3. The molecule has 148 valence electrons. The molecule has 6 heteroatoms. The Bertz CT molecular complexity index is 1030. The predicted molar refractivity (Wildman–Crippen MR) is 115 cm³/mol. The molecule has 2 aliphatic rings. The fourth-order valence-electron chi connectivity index (χ4n) is 4.24. The van der Waals surface area contributed by atoms with Crippen LogP contribution in [-0.4, -0.2) is 46.1 Å².